The number of allylic oxidation sites excluding steroid dienone is 6. The molecule has 0 fully saturated rings. The zero-order valence-electron chi connectivity index (χ0n) is 18.4. The van der Waals surface area contributed by atoms with E-state index in [1.165, 1.54) is 0 Å². The van der Waals surface area contributed by atoms with Gasteiger partial charge in [0.15, 0.2) is 5.82 Å². The van der Waals surface area contributed by atoms with E-state index in [1.54, 1.807) is 18.1 Å². The Hall–Kier alpha value is -2.18. The fourth-order valence-corrected chi connectivity index (χ4v) is 4.11. The summed E-state index contributed by atoms with van der Waals surface area (Å²) in [4.78, 5) is 6.17. The van der Waals surface area contributed by atoms with E-state index < -0.39 is 5.54 Å². The van der Waals surface area contributed by atoms with Gasteiger partial charge in [0.25, 0.3) is 0 Å². The highest BCUT2D eigenvalue weighted by molar-refractivity contribution is 8.02. The van der Waals surface area contributed by atoms with Crippen LogP contribution in [0.25, 0.3) is 6.08 Å². The lowest BCUT2D eigenvalue weighted by atomic mass is 9.91. The van der Waals surface area contributed by atoms with Gasteiger partial charge in [-0.15, -0.1) is 22.0 Å². The van der Waals surface area contributed by atoms with Gasteiger partial charge in [-0.05, 0) is 76.0 Å². The summed E-state index contributed by atoms with van der Waals surface area (Å²) in [6, 6.07) is 0. The Morgan fingerprint density at radius 3 is 2.52 bits per heavy atom. The molecule has 0 spiro atoms. The van der Waals surface area contributed by atoms with Crippen LogP contribution >= 0.6 is 11.8 Å². The molecule has 0 bridgehead atoms. The van der Waals surface area contributed by atoms with Crippen molar-refractivity contribution in [2.45, 2.75) is 52.6 Å². The second-order valence-corrected chi connectivity index (χ2v) is 10.2. The molecule has 6 heteroatoms. The second kappa shape index (κ2) is 7.58. The van der Waals surface area contributed by atoms with Crippen molar-refractivity contribution in [1.29, 1.82) is 0 Å². The molecule has 5 nitrogen and oxygen atoms in total. The fourth-order valence-electron chi connectivity index (χ4n) is 3.38. The van der Waals surface area contributed by atoms with Crippen molar-refractivity contribution in [2.75, 3.05) is 6.26 Å². The summed E-state index contributed by atoms with van der Waals surface area (Å²) in [7, 11) is 0. The summed E-state index contributed by atoms with van der Waals surface area (Å²) < 4.78 is 2.07. The lowest BCUT2D eigenvalue weighted by molar-refractivity contribution is 0.450. The molecular formula is C23H31N5S. The van der Waals surface area contributed by atoms with Crippen LogP contribution in [-0.4, -0.2) is 32.3 Å². The third-order valence-electron chi connectivity index (χ3n) is 4.81. The molecule has 29 heavy (non-hydrogen) atoms. The minimum atomic E-state index is -0.412. The van der Waals surface area contributed by atoms with Gasteiger partial charge in [-0.3, -0.25) is 0 Å². The molecular weight excluding hydrogens is 378 g/mol. The molecule has 0 amide bonds. The number of fused-ring (bicyclic) bond motifs is 1. The third-order valence-corrected chi connectivity index (χ3v) is 5.57. The Morgan fingerprint density at radius 1 is 1.14 bits per heavy atom. The van der Waals surface area contributed by atoms with Gasteiger partial charge >= 0.3 is 0 Å². The first-order valence-corrected chi connectivity index (χ1v) is 11.0. The lowest BCUT2D eigenvalue weighted by Crippen LogP contribution is -2.29. The Balaban J connectivity index is 2.12. The van der Waals surface area contributed by atoms with Crippen molar-refractivity contribution in [2.24, 2.45) is 16.1 Å². The molecule has 154 valence electrons. The molecule has 3 heterocycles. The first kappa shape index (κ1) is 21.5. The molecule has 0 aromatic carbocycles. The Kier molecular flexibility index (Phi) is 5.62. The van der Waals surface area contributed by atoms with Crippen molar-refractivity contribution < 1.29 is 0 Å². The molecule has 0 saturated heterocycles. The van der Waals surface area contributed by atoms with Crippen LogP contribution in [0.4, 0.5) is 0 Å². The van der Waals surface area contributed by atoms with Crippen molar-refractivity contribution in [3.05, 3.63) is 64.8 Å². The molecule has 2 aliphatic heterocycles. The summed E-state index contributed by atoms with van der Waals surface area (Å²) in [6.07, 6.45) is 18.8. The zero-order valence-corrected chi connectivity index (χ0v) is 19.2. The van der Waals surface area contributed by atoms with Crippen molar-refractivity contribution in [1.82, 2.24) is 14.8 Å². The lowest BCUT2D eigenvalue weighted by Gasteiger charge is -2.23. The van der Waals surface area contributed by atoms with Gasteiger partial charge in [0.1, 0.15) is 6.33 Å². The topological polar surface area (TPSA) is 69.1 Å². The van der Waals surface area contributed by atoms with E-state index in [-0.39, 0.29) is 11.0 Å². The van der Waals surface area contributed by atoms with E-state index in [2.05, 4.69) is 85.2 Å². The third kappa shape index (κ3) is 5.06. The average molecular weight is 410 g/mol. The minimum absolute atomic E-state index is 0.116. The number of aliphatic imine (C=N–C) groups is 1. The van der Waals surface area contributed by atoms with Gasteiger partial charge in [-0.2, -0.15) is 0 Å². The standard InChI is InChI=1S/C23H31N5S/c1-21(2)11-10-17(26-18(13-21)19(29-7)14-22(3,4)24)16-8-9-20-27-25-15-28(20)23(5,6)12-16/h8-15H,24H2,1-7H3/b19-14-. The Bertz CT molecular complexity index is 975. The van der Waals surface area contributed by atoms with E-state index in [0.29, 0.717) is 0 Å². The number of aromatic nitrogens is 3. The van der Waals surface area contributed by atoms with Gasteiger partial charge in [0.2, 0.25) is 0 Å². The molecule has 0 atom stereocenters. The number of nitrogens with zero attached hydrogens (tertiary/aromatic N) is 4. The van der Waals surface area contributed by atoms with Crippen LogP contribution in [0.5, 0.6) is 0 Å². The molecule has 1 aromatic heterocycles. The normalized spacial score (nSPS) is 21.0. The van der Waals surface area contributed by atoms with Gasteiger partial charge in [-0.25, -0.2) is 4.99 Å². The molecule has 0 unspecified atom stereocenters. The van der Waals surface area contributed by atoms with Gasteiger partial charge in [0, 0.05) is 15.9 Å². The predicted molar refractivity (Wildman–Crippen MR) is 125 cm³/mol. The van der Waals surface area contributed by atoms with Crippen LogP contribution < -0.4 is 5.73 Å². The predicted octanol–water partition coefficient (Wildman–Crippen LogP) is 4.87. The number of nitrogens with two attached hydrogens (primary N) is 1. The SMILES string of the molecule is CS/C(=C\C(C)(C)N)C1=CC(C)(C)C=CC(C2=CC(C)(C)n3cnnc3C=C2)=N1. The molecule has 2 N–H and O–H groups in total. The molecule has 3 rings (SSSR count). The molecule has 0 radical (unpaired) electrons. The smallest absolute Gasteiger partial charge is 0.157 e. The van der Waals surface area contributed by atoms with Crippen LogP contribution in [0.3, 0.4) is 0 Å². The van der Waals surface area contributed by atoms with E-state index in [4.69, 9.17) is 10.7 Å². The van der Waals surface area contributed by atoms with E-state index in [9.17, 15) is 0 Å². The summed E-state index contributed by atoms with van der Waals surface area (Å²) in [5.74, 6) is 0.838. The van der Waals surface area contributed by atoms with Crippen LogP contribution in [0, 0.1) is 5.41 Å². The average Bonchev–Trinajstić information content (AvgIpc) is 2.96. The molecule has 2 aliphatic rings. The maximum absolute atomic E-state index is 6.28. The maximum Gasteiger partial charge on any atom is 0.157 e. The van der Waals surface area contributed by atoms with E-state index in [1.807, 2.05) is 19.9 Å². The monoisotopic (exact) mass is 409 g/mol. The number of rotatable bonds is 4. The highest BCUT2D eigenvalue weighted by Gasteiger charge is 2.25. The van der Waals surface area contributed by atoms with Crippen molar-refractivity contribution in [3.63, 3.8) is 0 Å². The van der Waals surface area contributed by atoms with Crippen LogP contribution in [0.1, 0.15) is 47.4 Å². The molecule has 0 saturated carbocycles. The van der Waals surface area contributed by atoms with Gasteiger partial charge in [-0.1, -0.05) is 19.9 Å². The minimum Gasteiger partial charge on any atom is -0.322 e. The zero-order chi connectivity index (χ0) is 21.4. The first-order chi connectivity index (χ1) is 13.4. The number of hydrogen-bond acceptors (Lipinski definition) is 5. The molecule has 0 aliphatic carbocycles. The number of hydrogen-bond donors (Lipinski definition) is 1. The van der Waals surface area contributed by atoms with Gasteiger partial charge < -0.3 is 10.3 Å². The van der Waals surface area contributed by atoms with E-state index in [0.717, 1.165) is 27.7 Å². The van der Waals surface area contributed by atoms with Crippen molar-refractivity contribution >= 4 is 23.5 Å². The Morgan fingerprint density at radius 2 is 1.86 bits per heavy atom. The highest BCUT2D eigenvalue weighted by atomic mass is 32.2. The quantitative estimate of drug-likeness (QED) is 0.770. The highest BCUT2D eigenvalue weighted by Crippen LogP contribution is 2.34. The second-order valence-electron chi connectivity index (χ2n) is 9.36. The summed E-state index contributed by atoms with van der Waals surface area (Å²) in [5, 5.41) is 8.28. The summed E-state index contributed by atoms with van der Waals surface area (Å²) in [6.45, 7) is 12.7. The van der Waals surface area contributed by atoms with Gasteiger partial charge in [0.05, 0.1) is 16.9 Å². The Labute approximate surface area is 178 Å². The van der Waals surface area contributed by atoms with Crippen molar-refractivity contribution in [3.8, 4) is 0 Å². The summed E-state index contributed by atoms with van der Waals surface area (Å²) in [5.41, 5.74) is 8.43. The fraction of sp³-hybridized carbons (Fsp3) is 0.435. The van der Waals surface area contributed by atoms with Crippen LogP contribution in [-0.2, 0) is 5.54 Å². The maximum atomic E-state index is 6.28. The summed E-state index contributed by atoms with van der Waals surface area (Å²) >= 11 is 1.68. The largest absolute Gasteiger partial charge is 0.322 e. The first-order valence-electron chi connectivity index (χ1n) is 9.79. The number of thioether (sulfide) groups is 1. The van der Waals surface area contributed by atoms with Crippen LogP contribution in [0.15, 0.2) is 64.0 Å². The van der Waals surface area contributed by atoms with E-state index >= 15 is 0 Å². The molecule has 1 aromatic rings. The van der Waals surface area contributed by atoms with Crippen LogP contribution in [0.2, 0.25) is 0 Å².